The molecule has 0 heterocycles. The number of benzene rings is 2. The first-order valence-corrected chi connectivity index (χ1v) is 6.59. The predicted molar refractivity (Wildman–Crippen MR) is 83.6 cm³/mol. The Hall–Kier alpha value is -2.64. The van der Waals surface area contributed by atoms with E-state index in [9.17, 15) is 4.79 Å². The van der Waals surface area contributed by atoms with Gasteiger partial charge in [-0.3, -0.25) is 10.2 Å². The number of ketones is 1. The third-order valence-corrected chi connectivity index (χ3v) is 3.11. The second kappa shape index (κ2) is 6.69. The number of para-hydroxylation sites is 1. The maximum absolute atomic E-state index is 12.2. The van der Waals surface area contributed by atoms with Crippen LogP contribution in [0.15, 0.2) is 53.6 Å². The largest absolute Gasteiger partial charge is 0.286 e. The molecule has 0 bridgehead atoms. The van der Waals surface area contributed by atoms with E-state index in [1.807, 2.05) is 37.3 Å². The molecule has 0 spiro atoms. The zero-order valence-corrected chi connectivity index (χ0v) is 12.1. The van der Waals surface area contributed by atoms with E-state index >= 15 is 0 Å². The molecule has 21 heavy (non-hydrogen) atoms. The molecule has 0 unspecified atom stereocenters. The summed E-state index contributed by atoms with van der Waals surface area (Å²) >= 11 is 5.77. The van der Waals surface area contributed by atoms with Gasteiger partial charge in [-0.1, -0.05) is 29.8 Å². The Morgan fingerprint density at radius 2 is 1.86 bits per heavy atom. The molecule has 5 heteroatoms. The van der Waals surface area contributed by atoms with Crippen LogP contribution in [0.2, 0.25) is 5.02 Å². The number of halogens is 1. The molecular weight excluding hydrogens is 286 g/mol. The molecular formula is C16H12ClN3O. The molecule has 2 rings (SSSR count). The number of Topliss-reactive ketones (excluding diaryl/α,β-unsaturated/α-hetero) is 1. The summed E-state index contributed by atoms with van der Waals surface area (Å²) in [7, 11) is 0. The topological polar surface area (TPSA) is 65.2 Å². The highest BCUT2D eigenvalue weighted by atomic mass is 35.5. The molecule has 0 aliphatic carbocycles. The molecule has 1 N–H and O–H groups in total. The highest BCUT2D eigenvalue weighted by Gasteiger charge is 2.13. The van der Waals surface area contributed by atoms with Crippen molar-refractivity contribution in [3.05, 3.63) is 64.7 Å². The minimum atomic E-state index is -0.449. The molecule has 104 valence electrons. The molecule has 2 aromatic rings. The Bertz CT molecular complexity index is 730. The zero-order valence-electron chi connectivity index (χ0n) is 11.3. The van der Waals surface area contributed by atoms with E-state index < -0.39 is 5.78 Å². The number of carbonyl (C=O) groups is 1. The fourth-order valence-corrected chi connectivity index (χ4v) is 1.80. The van der Waals surface area contributed by atoms with E-state index in [4.69, 9.17) is 16.9 Å². The lowest BCUT2D eigenvalue weighted by molar-refractivity contribution is 0.106. The van der Waals surface area contributed by atoms with Crippen molar-refractivity contribution in [3.63, 3.8) is 0 Å². The van der Waals surface area contributed by atoms with E-state index in [1.54, 1.807) is 24.3 Å². The van der Waals surface area contributed by atoms with Gasteiger partial charge in [0.25, 0.3) is 0 Å². The van der Waals surface area contributed by atoms with Crippen molar-refractivity contribution in [1.29, 1.82) is 5.26 Å². The van der Waals surface area contributed by atoms with E-state index in [-0.39, 0.29) is 5.71 Å². The van der Waals surface area contributed by atoms with Gasteiger partial charge in [0.1, 0.15) is 6.07 Å². The van der Waals surface area contributed by atoms with Crippen LogP contribution in [0.3, 0.4) is 0 Å². The summed E-state index contributed by atoms with van der Waals surface area (Å²) in [5, 5.41) is 13.5. The molecule has 0 saturated heterocycles. The summed E-state index contributed by atoms with van der Waals surface area (Å²) in [5.41, 5.74) is 4.62. The van der Waals surface area contributed by atoms with Gasteiger partial charge in [0, 0.05) is 10.6 Å². The van der Waals surface area contributed by atoms with Crippen LogP contribution in [0.5, 0.6) is 0 Å². The van der Waals surface area contributed by atoms with E-state index in [2.05, 4.69) is 10.5 Å². The van der Waals surface area contributed by atoms with Gasteiger partial charge >= 0.3 is 0 Å². The standard InChI is InChI=1S/C16H12ClN3O/c1-11-4-2-3-5-14(11)19-20-15(10-18)16(21)12-6-8-13(17)9-7-12/h2-9,19H,1H3. The SMILES string of the molecule is Cc1ccccc1NN=C(C#N)C(=O)c1ccc(Cl)cc1. The highest BCUT2D eigenvalue weighted by Crippen LogP contribution is 2.14. The van der Waals surface area contributed by atoms with Gasteiger partial charge in [-0.25, -0.2) is 0 Å². The van der Waals surface area contributed by atoms with E-state index in [1.165, 1.54) is 0 Å². The van der Waals surface area contributed by atoms with Gasteiger partial charge in [-0.15, -0.1) is 0 Å². The van der Waals surface area contributed by atoms with Crippen LogP contribution in [0.25, 0.3) is 0 Å². The fourth-order valence-electron chi connectivity index (χ4n) is 1.68. The van der Waals surface area contributed by atoms with Crippen molar-refractivity contribution >= 4 is 28.8 Å². The minimum Gasteiger partial charge on any atom is -0.286 e. The molecule has 0 saturated carbocycles. The summed E-state index contributed by atoms with van der Waals surface area (Å²) in [4.78, 5) is 12.2. The van der Waals surface area contributed by atoms with Gasteiger partial charge in [0.05, 0.1) is 5.69 Å². The van der Waals surface area contributed by atoms with Crippen LogP contribution in [0.4, 0.5) is 5.69 Å². The summed E-state index contributed by atoms with van der Waals surface area (Å²) in [6.45, 7) is 1.91. The Morgan fingerprint density at radius 1 is 1.19 bits per heavy atom. The molecule has 0 aliphatic rings. The van der Waals surface area contributed by atoms with Crippen LogP contribution in [-0.4, -0.2) is 11.5 Å². The molecule has 0 radical (unpaired) electrons. The van der Waals surface area contributed by atoms with Crippen molar-refractivity contribution < 1.29 is 4.79 Å². The summed E-state index contributed by atoms with van der Waals surface area (Å²) in [6, 6.07) is 15.6. The number of hydrogen-bond acceptors (Lipinski definition) is 4. The monoisotopic (exact) mass is 297 g/mol. The molecule has 0 aliphatic heterocycles. The lowest BCUT2D eigenvalue weighted by atomic mass is 10.1. The second-order valence-electron chi connectivity index (χ2n) is 4.33. The average Bonchev–Trinajstić information content (AvgIpc) is 2.50. The summed E-state index contributed by atoms with van der Waals surface area (Å²) in [5.74, 6) is -0.449. The Labute approximate surface area is 127 Å². The van der Waals surface area contributed by atoms with Crippen LogP contribution in [-0.2, 0) is 0 Å². The van der Waals surface area contributed by atoms with Crippen LogP contribution < -0.4 is 5.43 Å². The maximum Gasteiger partial charge on any atom is 0.223 e. The number of aryl methyl sites for hydroxylation is 1. The normalized spacial score (nSPS) is 10.8. The first-order chi connectivity index (χ1) is 10.1. The molecule has 0 fully saturated rings. The molecule has 2 aromatic carbocycles. The number of nitriles is 1. The Kier molecular flexibility index (Phi) is 4.70. The van der Waals surface area contributed by atoms with Crippen LogP contribution in [0.1, 0.15) is 15.9 Å². The van der Waals surface area contributed by atoms with Gasteiger partial charge in [-0.05, 0) is 42.8 Å². The number of hydrogen-bond donors (Lipinski definition) is 1. The number of rotatable bonds is 4. The second-order valence-corrected chi connectivity index (χ2v) is 4.77. The molecule has 0 aromatic heterocycles. The molecule has 0 amide bonds. The third kappa shape index (κ3) is 3.68. The summed E-state index contributed by atoms with van der Waals surface area (Å²) < 4.78 is 0. The zero-order chi connectivity index (χ0) is 15.2. The lowest BCUT2D eigenvalue weighted by Crippen LogP contribution is -2.14. The van der Waals surface area contributed by atoms with E-state index in [0.29, 0.717) is 10.6 Å². The maximum atomic E-state index is 12.2. The van der Waals surface area contributed by atoms with Gasteiger partial charge in [-0.2, -0.15) is 10.4 Å². The van der Waals surface area contributed by atoms with Crippen molar-refractivity contribution in [2.24, 2.45) is 5.10 Å². The highest BCUT2D eigenvalue weighted by molar-refractivity contribution is 6.51. The summed E-state index contributed by atoms with van der Waals surface area (Å²) in [6.07, 6.45) is 0. The van der Waals surface area contributed by atoms with Gasteiger partial charge in [0.2, 0.25) is 11.5 Å². The quantitative estimate of drug-likeness (QED) is 0.530. The predicted octanol–water partition coefficient (Wildman–Crippen LogP) is 3.82. The van der Waals surface area contributed by atoms with Crippen LogP contribution >= 0.6 is 11.6 Å². The van der Waals surface area contributed by atoms with Crippen LogP contribution in [0, 0.1) is 18.3 Å². The Morgan fingerprint density at radius 3 is 2.48 bits per heavy atom. The van der Waals surface area contributed by atoms with E-state index in [0.717, 1.165) is 11.3 Å². The molecule has 4 nitrogen and oxygen atoms in total. The smallest absolute Gasteiger partial charge is 0.223 e. The fraction of sp³-hybridized carbons (Fsp3) is 0.0625. The average molecular weight is 298 g/mol. The number of nitrogens with zero attached hydrogens (tertiary/aromatic N) is 2. The van der Waals surface area contributed by atoms with Gasteiger partial charge < -0.3 is 0 Å². The minimum absolute atomic E-state index is 0.208. The first kappa shape index (κ1) is 14.8. The third-order valence-electron chi connectivity index (χ3n) is 2.86. The van der Waals surface area contributed by atoms with Crippen molar-refractivity contribution in [1.82, 2.24) is 0 Å². The Balaban J connectivity index is 2.21. The first-order valence-electron chi connectivity index (χ1n) is 6.21. The lowest BCUT2D eigenvalue weighted by Gasteiger charge is -2.04. The number of carbonyl (C=O) groups excluding carboxylic acids is 1. The number of hydrazone groups is 1. The van der Waals surface area contributed by atoms with Crippen molar-refractivity contribution in [2.45, 2.75) is 6.92 Å². The number of anilines is 1. The van der Waals surface area contributed by atoms with Crippen molar-refractivity contribution in [3.8, 4) is 6.07 Å². The van der Waals surface area contributed by atoms with Crippen molar-refractivity contribution in [2.75, 3.05) is 5.43 Å². The van der Waals surface area contributed by atoms with Gasteiger partial charge in [0.15, 0.2) is 0 Å². The number of nitrogens with one attached hydrogen (secondary N) is 1. The molecule has 0 atom stereocenters.